The average molecular weight is 351 g/mol. The highest BCUT2D eigenvalue weighted by Gasteiger charge is 2.42. The van der Waals surface area contributed by atoms with Crippen molar-refractivity contribution in [3.05, 3.63) is 65.2 Å². The van der Waals surface area contributed by atoms with Gasteiger partial charge in [-0.2, -0.15) is 0 Å². The van der Waals surface area contributed by atoms with E-state index in [0.29, 0.717) is 17.9 Å². The Labute approximate surface area is 154 Å². The van der Waals surface area contributed by atoms with Gasteiger partial charge >= 0.3 is 5.97 Å². The zero-order chi connectivity index (χ0) is 18.6. The first-order valence-corrected chi connectivity index (χ1v) is 9.21. The smallest absolute Gasteiger partial charge is 0.338 e. The van der Waals surface area contributed by atoms with Gasteiger partial charge < -0.3 is 10.1 Å². The van der Waals surface area contributed by atoms with Crippen molar-refractivity contribution in [1.29, 1.82) is 0 Å². The quantitative estimate of drug-likeness (QED) is 0.800. The molecule has 4 heteroatoms. The number of hydrogen-bond acceptors (Lipinski definition) is 3. The van der Waals surface area contributed by atoms with Crippen LogP contribution in [-0.2, 0) is 14.9 Å². The molecule has 1 N–H and O–H groups in total. The molecule has 1 fully saturated rings. The molecule has 1 amide bonds. The monoisotopic (exact) mass is 351 g/mol. The summed E-state index contributed by atoms with van der Waals surface area (Å²) < 4.78 is 4.99. The number of hydrogen-bond donors (Lipinski definition) is 1. The summed E-state index contributed by atoms with van der Waals surface area (Å²) in [6.45, 7) is 4.17. The van der Waals surface area contributed by atoms with Crippen molar-refractivity contribution in [2.24, 2.45) is 0 Å². The number of esters is 1. The van der Waals surface area contributed by atoms with E-state index in [4.69, 9.17) is 4.74 Å². The first kappa shape index (κ1) is 18.2. The first-order valence-electron chi connectivity index (χ1n) is 9.21. The number of carbonyl (C=O) groups is 2. The molecule has 1 aliphatic carbocycles. The predicted molar refractivity (Wildman–Crippen MR) is 102 cm³/mol. The minimum Gasteiger partial charge on any atom is -0.462 e. The van der Waals surface area contributed by atoms with E-state index >= 15 is 0 Å². The van der Waals surface area contributed by atoms with Gasteiger partial charge in [0, 0.05) is 5.69 Å². The van der Waals surface area contributed by atoms with Gasteiger partial charge in [0.25, 0.3) is 0 Å². The Hall–Kier alpha value is -2.62. The molecule has 0 aliphatic heterocycles. The summed E-state index contributed by atoms with van der Waals surface area (Å²) in [5.74, 6) is -0.319. The Kier molecular flexibility index (Phi) is 5.40. The molecule has 0 saturated heterocycles. The van der Waals surface area contributed by atoms with Crippen LogP contribution in [0.3, 0.4) is 0 Å². The van der Waals surface area contributed by atoms with Crippen molar-refractivity contribution < 1.29 is 14.3 Å². The SMILES string of the molecule is CCOC(=O)c1ccc(NC(=O)C2(c3ccc(C)cc3)CCCC2)cc1. The molecule has 0 spiro atoms. The average Bonchev–Trinajstić information content (AvgIpc) is 3.14. The van der Waals surface area contributed by atoms with E-state index in [1.807, 2.05) is 0 Å². The van der Waals surface area contributed by atoms with Crippen LogP contribution in [0.25, 0.3) is 0 Å². The molecule has 1 aliphatic rings. The molecular formula is C22H25NO3. The van der Waals surface area contributed by atoms with E-state index in [2.05, 4.69) is 36.5 Å². The van der Waals surface area contributed by atoms with E-state index in [-0.39, 0.29) is 11.9 Å². The van der Waals surface area contributed by atoms with Crippen LogP contribution in [0.4, 0.5) is 5.69 Å². The van der Waals surface area contributed by atoms with Gasteiger partial charge in [-0.3, -0.25) is 4.79 Å². The summed E-state index contributed by atoms with van der Waals surface area (Å²) in [6, 6.07) is 15.1. The minimum absolute atomic E-state index is 0.0303. The minimum atomic E-state index is -0.465. The maximum atomic E-state index is 13.1. The number of aryl methyl sites for hydroxylation is 1. The van der Waals surface area contributed by atoms with Crippen LogP contribution in [0.15, 0.2) is 48.5 Å². The third-order valence-electron chi connectivity index (χ3n) is 5.15. The van der Waals surface area contributed by atoms with Crippen molar-refractivity contribution in [2.75, 3.05) is 11.9 Å². The van der Waals surface area contributed by atoms with Gasteiger partial charge in [0.1, 0.15) is 0 Å². The van der Waals surface area contributed by atoms with Crippen molar-refractivity contribution in [3.63, 3.8) is 0 Å². The fraction of sp³-hybridized carbons (Fsp3) is 0.364. The van der Waals surface area contributed by atoms with Crippen molar-refractivity contribution >= 4 is 17.6 Å². The van der Waals surface area contributed by atoms with E-state index in [1.165, 1.54) is 5.56 Å². The standard InChI is InChI=1S/C22H25NO3/c1-3-26-20(24)17-8-12-19(13-9-17)23-21(25)22(14-4-5-15-22)18-10-6-16(2)7-11-18/h6-13H,3-5,14-15H2,1-2H3,(H,23,25). The molecule has 1 saturated carbocycles. The highest BCUT2D eigenvalue weighted by molar-refractivity contribution is 6.00. The second-order valence-electron chi connectivity index (χ2n) is 6.91. The summed E-state index contributed by atoms with van der Waals surface area (Å²) in [5.41, 5.74) is 2.99. The molecule has 0 unspecified atom stereocenters. The molecule has 0 aromatic heterocycles. The number of benzene rings is 2. The number of amides is 1. The van der Waals surface area contributed by atoms with E-state index in [1.54, 1.807) is 31.2 Å². The predicted octanol–water partition coefficient (Wildman–Crippen LogP) is 4.62. The molecule has 136 valence electrons. The van der Waals surface area contributed by atoms with Crippen molar-refractivity contribution in [2.45, 2.75) is 44.9 Å². The lowest BCUT2D eigenvalue weighted by atomic mass is 9.77. The molecule has 2 aromatic carbocycles. The third kappa shape index (κ3) is 3.64. The number of nitrogens with one attached hydrogen (secondary N) is 1. The highest BCUT2D eigenvalue weighted by atomic mass is 16.5. The fourth-order valence-electron chi connectivity index (χ4n) is 3.65. The number of anilines is 1. The molecule has 26 heavy (non-hydrogen) atoms. The Morgan fingerprint density at radius 2 is 1.62 bits per heavy atom. The second kappa shape index (κ2) is 7.73. The topological polar surface area (TPSA) is 55.4 Å². The summed E-state index contributed by atoms with van der Waals surface area (Å²) in [7, 11) is 0. The molecule has 2 aromatic rings. The molecule has 0 heterocycles. The number of ether oxygens (including phenoxy) is 1. The Balaban J connectivity index is 1.78. The van der Waals surface area contributed by atoms with Gasteiger partial charge in [-0.1, -0.05) is 42.7 Å². The molecular weight excluding hydrogens is 326 g/mol. The number of carbonyl (C=O) groups excluding carboxylic acids is 2. The van der Waals surface area contributed by atoms with E-state index < -0.39 is 5.41 Å². The summed E-state index contributed by atoms with van der Waals surface area (Å²) >= 11 is 0. The fourth-order valence-corrected chi connectivity index (χ4v) is 3.65. The summed E-state index contributed by atoms with van der Waals surface area (Å²) in [5, 5.41) is 3.04. The largest absolute Gasteiger partial charge is 0.462 e. The van der Waals surface area contributed by atoms with Crippen LogP contribution in [0.1, 0.15) is 54.1 Å². The first-order chi connectivity index (χ1) is 12.5. The second-order valence-corrected chi connectivity index (χ2v) is 6.91. The maximum absolute atomic E-state index is 13.1. The molecule has 4 nitrogen and oxygen atoms in total. The van der Waals surface area contributed by atoms with E-state index in [0.717, 1.165) is 31.2 Å². The third-order valence-corrected chi connectivity index (χ3v) is 5.15. The van der Waals surface area contributed by atoms with Gasteiger partial charge in [0.15, 0.2) is 0 Å². The van der Waals surface area contributed by atoms with Crippen LogP contribution in [-0.4, -0.2) is 18.5 Å². The zero-order valence-corrected chi connectivity index (χ0v) is 15.4. The summed E-state index contributed by atoms with van der Waals surface area (Å²) in [4.78, 5) is 24.9. The molecule has 3 rings (SSSR count). The summed E-state index contributed by atoms with van der Waals surface area (Å²) in [6.07, 6.45) is 3.85. The van der Waals surface area contributed by atoms with Gasteiger partial charge in [0.2, 0.25) is 5.91 Å². The van der Waals surface area contributed by atoms with Gasteiger partial charge in [-0.25, -0.2) is 4.79 Å². The molecule has 0 atom stereocenters. The van der Waals surface area contributed by atoms with Crippen LogP contribution in [0.2, 0.25) is 0 Å². The zero-order valence-electron chi connectivity index (χ0n) is 15.4. The van der Waals surface area contributed by atoms with Crippen LogP contribution in [0, 0.1) is 6.92 Å². The normalized spacial score (nSPS) is 15.5. The van der Waals surface area contributed by atoms with Gasteiger partial charge in [-0.15, -0.1) is 0 Å². The van der Waals surface area contributed by atoms with Crippen molar-refractivity contribution in [3.8, 4) is 0 Å². The van der Waals surface area contributed by atoms with Crippen LogP contribution < -0.4 is 5.32 Å². The lowest BCUT2D eigenvalue weighted by Crippen LogP contribution is -2.38. The number of rotatable bonds is 5. The van der Waals surface area contributed by atoms with Crippen LogP contribution in [0.5, 0.6) is 0 Å². The molecule has 0 radical (unpaired) electrons. The van der Waals surface area contributed by atoms with Gasteiger partial charge in [0.05, 0.1) is 17.6 Å². The lowest BCUT2D eigenvalue weighted by molar-refractivity contribution is -0.121. The van der Waals surface area contributed by atoms with Gasteiger partial charge in [-0.05, 0) is 56.5 Å². The Bertz CT molecular complexity index is 772. The maximum Gasteiger partial charge on any atom is 0.338 e. The van der Waals surface area contributed by atoms with Crippen LogP contribution >= 0.6 is 0 Å². The Morgan fingerprint density at radius 3 is 2.19 bits per heavy atom. The van der Waals surface area contributed by atoms with E-state index in [9.17, 15) is 9.59 Å². The molecule has 0 bridgehead atoms. The lowest BCUT2D eigenvalue weighted by Gasteiger charge is -2.28. The Morgan fingerprint density at radius 1 is 1.00 bits per heavy atom. The van der Waals surface area contributed by atoms with Crippen molar-refractivity contribution in [1.82, 2.24) is 0 Å². The highest BCUT2D eigenvalue weighted by Crippen LogP contribution is 2.42.